The van der Waals surface area contributed by atoms with Crippen LogP contribution >= 0.6 is 11.6 Å². The zero-order valence-corrected chi connectivity index (χ0v) is 17.0. The van der Waals surface area contributed by atoms with Gasteiger partial charge in [-0.1, -0.05) is 11.6 Å². The highest BCUT2D eigenvalue weighted by Crippen LogP contribution is 2.37. The molecule has 2 aliphatic heterocycles. The molecule has 4 rings (SSSR count). The quantitative estimate of drug-likeness (QED) is 0.747. The lowest BCUT2D eigenvalue weighted by Crippen LogP contribution is -2.50. The Morgan fingerprint density at radius 3 is 2.62 bits per heavy atom. The number of carbonyl (C=O) groups excluding carboxylic acids is 2. The van der Waals surface area contributed by atoms with E-state index in [9.17, 15) is 18.0 Å². The average molecular weight is 440 g/mol. The monoisotopic (exact) mass is 439 g/mol. The number of nitrogens with one attached hydrogen (secondary N) is 1. The zero-order valence-electron chi connectivity index (χ0n) is 15.5. The van der Waals surface area contributed by atoms with Crippen LogP contribution in [0.3, 0.4) is 0 Å². The van der Waals surface area contributed by atoms with E-state index in [1.807, 2.05) is 0 Å². The molecule has 0 radical (unpaired) electrons. The second-order valence-electron chi connectivity index (χ2n) is 6.65. The van der Waals surface area contributed by atoms with Crippen LogP contribution in [0.15, 0.2) is 29.3 Å². The lowest BCUT2D eigenvalue weighted by atomic mass is 10.2. The van der Waals surface area contributed by atoms with Gasteiger partial charge in [0.1, 0.15) is 16.3 Å². The first-order valence-electron chi connectivity index (χ1n) is 8.81. The van der Waals surface area contributed by atoms with E-state index < -0.39 is 10.0 Å². The van der Waals surface area contributed by atoms with Crippen LogP contribution in [-0.2, 0) is 21.9 Å². The van der Waals surface area contributed by atoms with Crippen molar-refractivity contribution in [1.29, 1.82) is 0 Å². The molecule has 2 aromatic rings. The van der Waals surface area contributed by atoms with E-state index in [0.717, 1.165) is 0 Å². The molecule has 0 spiro atoms. The summed E-state index contributed by atoms with van der Waals surface area (Å²) in [7, 11) is -2.22. The van der Waals surface area contributed by atoms with Gasteiger partial charge < -0.3 is 15.0 Å². The van der Waals surface area contributed by atoms with Crippen LogP contribution in [-0.4, -0.2) is 72.0 Å². The zero-order chi connectivity index (χ0) is 20.8. The molecule has 2 amide bonds. The molecule has 12 heteroatoms. The SMILES string of the molecule is Cn1nccc1C(=O)N1CCN(S(=O)(=O)c2cc3c(cc2Cl)NC(=O)CO3)CC1. The fourth-order valence-corrected chi connectivity index (χ4v) is 5.24. The minimum absolute atomic E-state index is 0.0112. The second kappa shape index (κ2) is 7.32. The first kappa shape index (κ1) is 19.7. The molecule has 2 aliphatic rings. The Hall–Kier alpha value is -2.63. The molecule has 154 valence electrons. The summed E-state index contributed by atoms with van der Waals surface area (Å²) in [6.07, 6.45) is 1.54. The number of aromatic nitrogens is 2. The average Bonchev–Trinajstić information content (AvgIpc) is 3.12. The summed E-state index contributed by atoms with van der Waals surface area (Å²) >= 11 is 6.19. The van der Waals surface area contributed by atoms with Crippen LogP contribution in [0, 0.1) is 0 Å². The summed E-state index contributed by atoms with van der Waals surface area (Å²) in [4.78, 5) is 25.5. The van der Waals surface area contributed by atoms with Crippen molar-refractivity contribution >= 4 is 39.1 Å². The predicted octanol–water partition coefficient (Wildman–Crippen LogP) is 0.551. The van der Waals surface area contributed by atoms with Gasteiger partial charge in [0.05, 0.1) is 10.7 Å². The Balaban J connectivity index is 1.52. The first-order valence-corrected chi connectivity index (χ1v) is 10.6. The molecular weight excluding hydrogens is 422 g/mol. The summed E-state index contributed by atoms with van der Waals surface area (Å²) in [5, 5.41) is 6.56. The normalized spacial score (nSPS) is 17.4. The topological polar surface area (TPSA) is 114 Å². The van der Waals surface area contributed by atoms with Crippen molar-refractivity contribution in [3.63, 3.8) is 0 Å². The van der Waals surface area contributed by atoms with Gasteiger partial charge in [0.15, 0.2) is 6.61 Å². The van der Waals surface area contributed by atoms with Gasteiger partial charge in [-0.25, -0.2) is 8.42 Å². The van der Waals surface area contributed by atoms with Crippen molar-refractivity contribution in [3.05, 3.63) is 35.1 Å². The van der Waals surface area contributed by atoms with Crippen LogP contribution in [0.1, 0.15) is 10.5 Å². The number of fused-ring (bicyclic) bond motifs is 1. The van der Waals surface area contributed by atoms with E-state index in [2.05, 4.69) is 10.4 Å². The molecule has 29 heavy (non-hydrogen) atoms. The lowest BCUT2D eigenvalue weighted by molar-refractivity contribution is -0.118. The number of halogens is 1. The first-order chi connectivity index (χ1) is 13.8. The molecular formula is C17H18ClN5O5S. The van der Waals surface area contributed by atoms with Gasteiger partial charge in [-0.3, -0.25) is 14.3 Å². The highest BCUT2D eigenvalue weighted by Gasteiger charge is 2.33. The summed E-state index contributed by atoms with van der Waals surface area (Å²) in [6.45, 7) is 0.577. The highest BCUT2D eigenvalue weighted by molar-refractivity contribution is 7.89. The molecule has 1 saturated heterocycles. The van der Waals surface area contributed by atoms with Crippen LogP contribution in [0.2, 0.25) is 5.02 Å². The van der Waals surface area contributed by atoms with Gasteiger partial charge in [-0.2, -0.15) is 9.40 Å². The Morgan fingerprint density at radius 1 is 1.24 bits per heavy atom. The molecule has 1 aromatic carbocycles. The van der Waals surface area contributed by atoms with Crippen molar-refractivity contribution in [2.45, 2.75) is 4.90 Å². The number of ether oxygens (including phenoxy) is 1. The maximum atomic E-state index is 13.1. The third-order valence-electron chi connectivity index (χ3n) is 4.85. The van der Waals surface area contributed by atoms with Gasteiger partial charge >= 0.3 is 0 Å². The number of hydrogen-bond donors (Lipinski definition) is 1. The third-order valence-corrected chi connectivity index (χ3v) is 7.21. The summed E-state index contributed by atoms with van der Waals surface area (Å²) in [5.41, 5.74) is 0.773. The van der Waals surface area contributed by atoms with E-state index in [0.29, 0.717) is 11.4 Å². The predicted molar refractivity (Wildman–Crippen MR) is 103 cm³/mol. The molecule has 0 unspecified atom stereocenters. The Labute approximate surface area is 172 Å². The number of benzene rings is 1. The number of hydrogen-bond acceptors (Lipinski definition) is 6. The van der Waals surface area contributed by atoms with Gasteiger partial charge in [0.25, 0.3) is 11.8 Å². The summed E-state index contributed by atoms with van der Waals surface area (Å²) in [6, 6.07) is 4.31. The van der Waals surface area contributed by atoms with Gasteiger partial charge in [-0.15, -0.1) is 0 Å². The van der Waals surface area contributed by atoms with Crippen molar-refractivity contribution in [2.75, 3.05) is 38.1 Å². The molecule has 3 heterocycles. The van der Waals surface area contributed by atoms with Crippen molar-refractivity contribution in [3.8, 4) is 5.75 Å². The van der Waals surface area contributed by atoms with Crippen LogP contribution < -0.4 is 10.1 Å². The standard InChI is InChI=1S/C17H18ClN5O5S/c1-21-13(2-3-19-21)17(25)22-4-6-23(7-5-22)29(26,27)15-9-14-12(8-11(15)18)20-16(24)10-28-14/h2-3,8-9H,4-7,10H2,1H3,(H,20,24). The van der Waals surface area contributed by atoms with Gasteiger partial charge in [0.2, 0.25) is 10.0 Å². The second-order valence-corrected chi connectivity index (χ2v) is 8.97. The molecule has 1 fully saturated rings. The van der Waals surface area contributed by atoms with Crippen molar-refractivity contribution in [1.82, 2.24) is 19.0 Å². The Bertz CT molecular complexity index is 1090. The van der Waals surface area contributed by atoms with Crippen molar-refractivity contribution < 1.29 is 22.7 Å². The van der Waals surface area contributed by atoms with Gasteiger partial charge in [0, 0.05) is 45.5 Å². The van der Waals surface area contributed by atoms with Gasteiger partial charge in [-0.05, 0) is 12.1 Å². The molecule has 10 nitrogen and oxygen atoms in total. The number of nitrogens with zero attached hydrogens (tertiary/aromatic N) is 4. The maximum absolute atomic E-state index is 13.1. The number of rotatable bonds is 3. The minimum atomic E-state index is -3.90. The maximum Gasteiger partial charge on any atom is 0.272 e. The Kier molecular flexibility index (Phi) is 4.97. The van der Waals surface area contributed by atoms with E-state index >= 15 is 0 Å². The number of aryl methyl sites for hydroxylation is 1. The molecule has 0 saturated carbocycles. The molecule has 0 atom stereocenters. The van der Waals surface area contributed by atoms with Crippen LogP contribution in [0.25, 0.3) is 0 Å². The fraction of sp³-hybridized carbons (Fsp3) is 0.353. The van der Waals surface area contributed by atoms with Crippen LogP contribution in [0.4, 0.5) is 5.69 Å². The fourth-order valence-electron chi connectivity index (χ4n) is 3.30. The molecule has 0 bridgehead atoms. The minimum Gasteiger partial charge on any atom is -0.482 e. The molecule has 1 N–H and O–H groups in total. The molecule has 0 aliphatic carbocycles. The number of anilines is 1. The number of amides is 2. The highest BCUT2D eigenvalue weighted by atomic mass is 35.5. The van der Waals surface area contributed by atoms with Crippen LogP contribution in [0.5, 0.6) is 5.75 Å². The lowest BCUT2D eigenvalue weighted by Gasteiger charge is -2.34. The van der Waals surface area contributed by atoms with Crippen molar-refractivity contribution in [2.24, 2.45) is 7.05 Å². The smallest absolute Gasteiger partial charge is 0.272 e. The number of piperazine rings is 1. The number of sulfonamides is 1. The molecule has 1 aromatic heterocycles. The third kappa shape index (κ3) is 3.56. The van der Waals surface area contributed by atoms with E-state index in [1.165, 1.54) is 27.3 Å². The Morgan fingerprint density at radius 2 is 1.97 bits per heavy atom. The van der Waals surface area contributed by atoms with E-state index in [4.69, 9.17) is 16.3 Å². The van der Waals surface area contributed by atoms with E-state index in [1.54, 1.807) is 18.0 Å². The summed E-state index contributed by atoms with van der Waals surface area (Å²) < 4.78 is 34.3. The summed E-state index contributed by atoms with van der Waals surface area (Å²) in [5.74, 6) is -0.283. The van der Waals surface area contributed by atoms with E-state index in [-0.39, 0.29) is 60.3 Å². The number of carbonyl (C=O) groups is 2. The largest absolute Gasteiger partial charge is 0.482 e.